The van der Waals surface area contributed by atoms with Crippen LogP contribution in [-0.4, -0.2) is 16.1 Å². The summed E-state index contributed by atoms with van der Waals surface area (Å²) in [5, 5.41) is 21.1. The smallest absolute Gasteiger partial charge is 0.274 e. The Labute approximate surface area is 112 Å². The van der Waals surface area contributed by atoms with Gasteiger partial charge in [0.05, 0.1) is 16.0 Å². The first-order valence-electron chi connectivity index (χ1n) is 6.01. The van der Waals surface area contributed by atoms with Crippen molar-refractivity contribution in [1.82, 2.24) is 0 Å². The molecule has 0 radical (unpaired) electrons. The molecule has 1 rings (SSSR count). The summed E-state index contributed by atoms with van der Waals surface area (Å²) in [7, 11) is 0. The van der Waals surface area contributed by atoms with Crippen LogP contribution >= 0.6 is 11.6 Å². The number of halogens is 1. The van der Waals surface area contributed by atoms with Crippen molar-refractivity contribution in [1.29, 1.82) is 0 Å². The van der Waals surface area contributed by atoms with Gasteiger partial charge >= 0.3 is 0 Å². The van der Waals surface area contributed by atoms with E-state index in [9.17, 15) is 15.2 Å². The van der Waals surface area contributed by atoms with E-state index in [0.717, 1.165) is 0 Å². The van der Waals surface area contributed by atoms with Crippen molar-refractivity contribution >= 4 is 17.3 Å². The summed E-state index contributed by atoms with van der Waals surface area (Å²) < 4.78 is 0. The van der Waals surface area contributed by atoms with Gasteiger partial charge in [0.1, 0.15) is 0 Å². The Hall–Kier alpha value is -1.13. The zero-order valence-electron chi connectivity index (χ0n) is 10.6. The lowest BCUT2D eigenvalue weighted by Gasteiger charge is -2.13. The molecule has 0 saturated carbocycles. The van der Waals surface area contributed by atoms with E-state index >= 15 is 0 Å². The fourth-order valence-electron chi connectivity index (χ4n) is 1.94. The van der Waals surface area contributed by atoms with Crippen molar-refractivity contribution in [2.45, 2.75) is 39.2 Å². The summed E-state index contributed by atoms with van der Waals surface area (Å²) in [5.41, 5.74) is 0.534. The lowest BCUT2D eigenvalue weighted by atomic mass is 9.99. The van der Waals surface area contributed by atoms with Crippen molar-refractivity contribution in [2.24, 2.45) is 5.92 Å². The third-order valence-corrected chi connectivity index (χ3v) is 3.12. The standard InChI is InChI=1S/C13H18ClNO3/c1-9(2)8-10(16)6-7-11-12(14)4-3-5-13(11)15(17)18/h3-5,9-10,16H,6-8H2,1-2H3. The molecule has 100 valence electrons. The van der Waals surface area contributed by atoms with Gasteiger partial charge in [0.15, 0.2) is 0 Å². The molecule has 0 heterocycles. The number of rotatable bonds is 6. The monoisotopic (exact) mass is 271 g/mol. The third-order valence-electron chi connectivity index (χ3n) is 2.76. The SMILES string of the molecule is CC(C)CC(O)CCc1c(Cl)cccc1[N+](=O)[O-]. The van der Waals surface area contributed by atoms with Crippen molar-refractivity contribution in [3.05, 3.63) is 38.9 Å². The number of nitro groups is 1. The second-order valence-corrected chi connectivity index (χ2v) is 5.22. The summed E-state index contributed by atoms with van der Waals surface area (Å²) in [6.45, 7) is 4.06. The Balaban J connectivity index is 2.75. The summed E-state index contributed by atoms with van der Waals surface area (Å²) in [6, 6.07) is 4.64. The first kappa shape index (κ1) is 14.9. The molecule has 0 aliphatic rings. The van der Waals surface area contributed by atoms with E-state index in [2.05, 4.69) is 0 Å². The molecule has 1 N–H and O–H groups in total. The van der Waals surface area contributed by atoms with Gasteiger partial charge in [0.25, 0.3) is 5.69 Å². The van der Waals surface area contributed by atoms with Gasteiger partial charge in [-0.15, -0.1) is 0 Å². The molecular weight excluding hydrogens is 254 g/mol. The van der Waals surface area contributed by atoms with E-state index in [1.165, 1.54) is 6.07 Å². The van der Waals surface area contributed by atoms with E-state index in [1.54, 1.807) is 12.1 Å². The third kappa shape index (κ3) is 4.27. The molecule has 0 aliphatic heterocycles. The van der Waals surface area contributed by atoms with E-state index < -0.39 is 11.0 Å². The van der Waals surface area contributed by atoms with Gasteiger partial charge in [0, 0.05) is 11.6 Å². The predicted octanol–water partition coefficient (Wildman–Crippen LogP) is 3.59. The first-order valence-corrected chi connectivity index (χ1v) is 6.39. The van der Waals surface area contributed by atoms with Gasteiger partial charge < -0.3 is 5.11 Å². The minimum absolute atomic E-state index is 0.0271. The Morgan fingerprint density at radius 2 is 2.11 bits per heavy atom. The molecule has 18 heavy (non-hydrogen) atoms. The molecule has 0 aliphatic carbocycles. The maximum Gasteiger partial charge on any atom is 0.274 e. The van der Waals surface area contributed by atoms with Gasteiger partial charge in [-0.2, -0.15) is 0 Å². The van der Waals surface area contributed by atoms with Crippen LogP contribution in [0.5, 0.6) is 0 Å². The van der Waals surface area contributed by atoms with Crippen LogP contribution in [0.15, 0.2) is 18.2 Å². The molecule has 1 atom stereocenters. The first-order chi connectivity index (χ1) is 8.41. The van der Waals surface area contributed by atoms with Crippen molar-refractivity contribution < 1.29 is 10.0 Å². The fourth-order valence-corrected chi connectivity index (χ4v) is 2.20. The lowest BCUT2D eigenvalue weighted by molar-refractivity contribution is -0.385. The van der Waals surface area contributed by atoms with Crippen LogP contribution in [0.25, 0.3) is 0 Å². The number of nitro benzene ring substituents is 1. The second kappa shape index (κ2) is 6.71. The van der Waals surface area contributed by atoms with Crippen molar-refractivity contribution in [2.75, 3.05) is 0 Å². The molecule has 0 amide bonds. The van der Waals surface area contributed by atoms with Gasteiger partial charge in [-0.3, -0.25) is 10.1 Å². The Bertz CT molecular complexity index is 421. The van der Waals surface area contributed by atoms with Crippen LogP contribution in [-0.2, 0) is 6.42 Å². The molecule has 0 spiro atoms. The van der Waals surface area contributed by atoms with Gasteiger partial charge in [-0.05, 0) is 31.2 Å². The van der Waals surface area contributed by atoms with Gasteiger partial charge in [-0.1, -0.05) is 31.5 Å². The molecular formula is C13H18ClNO3. The Morgan fingerprint density at radius 3 is 2.67 bits per heavy atom. The van der Waals surface area contributed by atoms with E-state index in [-0.39, 0.29) is 5.69 Å². The maximum atomic E-state index is 10.9. The van der Waals surface area contributed by atoms with E-state index in [4.69, 9.17) is 11.6 Å². The normalized spacial score (nSPS) is 12.7. The van der Waals surface area contributed by atoms with Gasteiger partial charge in [0.2, 0.25) is 0 Å². The zero-order chi connectivity index (χ0) is 13.7. The number of benzene rings is 1. The maximum absolute atomic E-state index is 10.9. The number of aliphatic hydroxyl groups excluding tert-OH is 1. The Kier molecular flexibility index (Phi) is 5.56. The predicted molar refractivity (Wildman–Crippen MR) is 71.9 cm³/mol. The minimum Gasteiger partial charge on any atom is -0.393 e. The van der Waals surface area contributed by atoms with Crippen molar-refractivity contribution in [3.63, 3.8) is 0 Å². The highest BCUT2D eigenvalue weighted by atomic mass is 35.5. The number of hydrogen-bond donors (Lipinski definition) is 1. The number of hydrogen-bond acceptors (Lipinski definition) is 3. The molecule has 0 bridgehead atoms. The molecule has 4 nitrogen and oxygen atoms in total. The fraction of sp³-hybridized carbons (Fsp3) is 0.538. The number of aliphatic hydroxyl groups is 1. The van der Waals surface area contributed by atoms with Crippen molar-refractivity contribution in [3.8, 4) is 0 Å². The molecule has 0 aromatic heterocycles. The minimum atomic E-state index is -0.444. The summed E-state index contributed by atoms with van der Waals surface area (Å²) >= 11 is 5.98. The van der Waals surface area contributed by atoms with Crippen LogP contribution in [0.3, 0.4) is 0 Å². The number of nitrogens with zero attached hydrogens (tertiary/aromatic N) is 1. The Morgan fingerprint density at radius 1 is 1.44 bits per heavy atom. The zero-order valence-corrected chi connectivity index (χ0v) is 11.4. The van der Waals surface area contributed by atoms with Crippen LogP contribution in [0.4, 0.5) is 5.69 Å². The summed E-state index contributed by atoms with van der Waals surface area (Å²) in [6.07, 6.45) is 1.16. The molecule has 1 unspecified atom stereocenters. The second-order valence-electron chi connectivity index (χ2n) is 4.82. The lowest BCUT2D eigenvalue weighted by Crippen LogP contribution is -2.11. The molecule has 1 aromatic rings. The topological polar surface area (TPSA) is 63.4 Å². The molecule has 0 fully saturated rings. The van der Waals surface area contributed by atoms with E-state index in [0.29, 0.717) is 35.8 Å². The highest BCUT2D eigenvalue weighted by Gasteiger charge is 2.17. The van der Waals surface area contributed by atoms with Crippen LogP contribution in [0, 0.1) is 16.0 Å². The van der Waals surface area contributed by atoms with Crippen LogP contribution in [0.2, 0.25) is 5.02 Å². The van der Waals surface area contributed by atoms with Gasteiger partial charge in [-0.25, -0.2) is 0 Å². The van der Waals surface area contributed by atoms with Crippen LogP contribution in [0.1, 0.15) is 32.3 Å². The molecule has 5 heteroatoms. The van der Waals surface area contributed by atoms with Crippen LogP contribution < -0.4 is 0 Å². The van der Waals surface area contributed by atoms with E-state index in [1.807, 2.05) is 13.8 Å². The highest BCUT2D eigenvalue weighted by molar-refractivity contribution is 6.31. The molecule has 0 saturated heterocycles. The average Bonchev–Trinajstić information content (AvgIpc) is 2.25. The molecule has 1 aromatic carbocycles. The quantitative estimate of drug-likeness (QED) is 0.635. The average molecular weight is 272 g/mol. The summed E-state index contributed by atoms with van der Waals surface area (Å²) in [5.74, 6) is 0.404. The highest BCUT2D eigenvalue weighted by Crippen LogP contribution is 2.28. The summed E-state index contributed by atoms with van der Waals surface area (Å²) in [4.78, 5) is 10.4. The largest absolute Gasteiger partial charge is 0.393 e.